The van der Waals surface area contributed by atoms with Crippen molar-refractivity contribution in [1.29, 1.82) is 0 Å². The Morgan fingerprint density at radius 2 is 0.700 bits per heavy atom. The Balaban J connectivity index is 0.000000117. The first-order valence-corrected chi connectivity index (χ1v) is 43.8. The van der Waals surface area contributed by atoms with E-state index in [1.165, 1.54) is 304 Å². The number of aromatic nitrogens is 4. The molecule has 0 amide bonds. The first-order valence-electron chi connectivity index (χ1n) is 43.8. The Bertz CT molecular complexity index is 5040. The van der Waals surface area contributed by atoms with Crippen molar-refractivity contribution in [3.05, 3.63) is 250 Å². The molecule has 4 heteroatoms. The monoisotopic (exact) mass is 1460 g/mol. The fraction of sp³-hybridized carbons (Fsp3) is 0.472. The summed E-state index contributed by atoms with van der Waals surface area (Å²) in [4.78, 5) is 0. The quantitative estimate of drug-likeness (QED) is 0.135. The first-order chi connectivity index (χ1) is 53.3. The van der Waals surface area contributed by atoms with Gasteiger partial charge >= 0.3 is 0 Å². The number of aryl methyl sites for hydroxylation is 9. The van der Waals surface area contributed by atoms with Crippen LogP contribution in [0.25, 0.3) is 77.6 Å². The van der Waals surface area contributed by atoms with Crippen LogP contribution in [0, 0.1) is 63.2 Å². The molecule has 18 rings (SSSR count). The van der Waals surface area contributed by atoms with Gasteiger partial charge in [0.1, 0.15) is 28.2 Å². The molecule has 7 aromatic carbocycles. The summed E-state index contributed by atoms with van der Waals surface area (Å²) in [6.07, 6.45) is 47.4. The van der Waals surface area contributed by atoms with Gasteiger partial charge in [-0.05, 0) is 326 Å². The number of para-hydroxylation sites is 2. The lowest BCUT2D eigenvalue weighted by Crippen LogP contribution is -2.34. The van der Waals surface area contributed by atoms with Gasteiger partial charge in [0.05, 0.1) is 5.39 Å². The Labute approximate surface area is 663 Å². The summed E-state index contributed by atoms with van der Waals surface area (Å²) < 4.78 is 9.34. The molecule has 4 heterocycles. The molecule has 0 atom stereocenters. The lowest BCUT2D eigenvalue weighted by molar-refractivity contribution is -0.660. The summed E-state index contributed by atoms with van der Waals surface area (Å²) in [6, 6.07) is 68.4. The highest BCUT2D eigenvalue weighted by Crippen LogP contribution is 2.55. The van der Waals surface area contributed by atoms with E-state index in [1.807, 2.05) is 0 Å². The molecule has 0 N–H and O–H groups in total. The average molecular weight is 1460 g/mol. The van der Waals surface area contributed by atoms with Gasteiger partial charge in [0.25, 0.3) is 0 Å². The molecule has 0 bridgehead atoms. The van der Waals surface area contributed by atoms with Gasteiger partial charge in [-0.3, -0.25) is 0 Å². The van der Waals surface area contributed by atoms with E-state index in [0.717, 1.165) is 17.3 Å². The van der Waals surface area contributed by atoms with Crippen LogP contribution in [-0.2, 0) is 28.2 Å². The predicted molar refractivity (Wildman–Crippen MR) is 464 cm³/mol. The molecule has 572 valence electrons. The number of pyridine rings is 4. The molecule has 0 aliphatic heterocycles. The van der Waals surface area contributed by atoms with Gasteiger partial charge in [-0.1, -0.05) is 168 Å². The minimum Gasteiger partial charge on any atom is -0.201 e. The van der Waals surface area contributed by atoms with Crippen LogP contribution in [-0.4, -0.2) is 0 Å². The smallest absolute Gasteiger partial charge is 0.201 e. The zero-order chi connectivity index (χ0) is 76.3. The van der Waals surface area contributed by atoms with Crippen molar-refractivity contribution in [2.24, 2.45) is 49.9 Å². The van der Waals surface area contributed by atoms with Crippen LogP contribution in [0.3, 0.4) is 0 Å². The van der Waals surface area contributed by atoms with E-state index in [0.29, 0.717) is 28.1 Å². The van der Waals surface area contributed by atoms with Crippen molar-refractivity contribution < 1.29 is 18.3 Å². The lowest BCUT2D eigenvalue weighted by Gasteiger charge is -2.43. The Hall–Kier alpha value is -8.08. The van der Waals surface area contributed by atoms with Crippen LogP contribution < -0.4 is 18.3 Å². The van der Waals surface area contributed by atoms with E-state index in [9.17, 15) is 0 Å². The highest BCUT2D eigenvalue weighted by molar-refractivity contribution is 5.94. The maximum Gasteiger partial charge on any atom is 0.220 e. The number of fused-ring (bicyclic) bond motifs is 3. The second-order valence-electron chi connectivity index (χ2n) is 37.5. The van der Waals surface area contributed by atoms with Gasteiger partial charge in [-0.25, -0.2) is 9.13 Å². The Morgan fingerprint density at radius 1 is 0.300 bits per heavy atom. The van der Waals surface area contributed by atoms with Crippen molar-refractivity contribution >= 4 is 32.6 Å². The maximum absolute atomic E-state index is 2.52. The topological polar surface area (TPSA) is 15.5 Å². The van der Waals surface area contributed by atoms with Gasteiger partial charge in [0.15, 0.2) is 12.4 Å². The Morgan fingerprint density at radius 3 is 1.19 bits per heavy atom. The molecular weight excluding hydrogens is 1330 g/mol. The van der Waals surface area contributed by atoms with Crippen LogP contribution >= 0.6 is 0 Å². The molecule has 11 aromatic rings. The van der Waals surface area contributed by atoms with Gasteiger partial charge in [-0.15, -0.1) is 0 Å². The third kappa shape index (κ3) is 16.6. The Kier molecular flexibility index (Phi) is 23.4. The summed E-state index contributed by atoms with van der Waals surface area (Å²) in [5.74, 6) is 2.89. The largest absolute Gasteiger partial charge is 0.220 e. The van der Waals surface area contributed by atoms with E-state index >= 15 is 0 Å². The third-order valence-electron chi connectivity index (χ3n) is 29.9. The molecule has 110 heavy (non-hydrogen) atoms. The van der Waals surface area contributed by atoms with Crippen LogP contribution in [0.15, 0.2) is 194 Å². The van der Waals surface area contributed by atoms with E-state index in [2.05, 4.69) is 296 Å². The summed E-state index contributed by atoms with van der Waals surface area (Å²) >= 11 is 0. The van der Waals surface area contributed by atoms with Crippen LogP contribution in [0.4, 0.5) is 0 Å². The third-order valence-corrected chi connectivity index (χ3v) is 29.9. The molecule has 7 aliphatic carbocycles. The van der Waals surface area contributed by atoms with Crippen LogP contribution in [0.2, 0.25) is 0 Å². The van der Waals surface area contributed by atoms with E-state index in [4.69, 9.17) is 0 Å². The molecule has 0 radical (unpaired) electrons. The van der Waals surface area contributed by atoms with Gasteiger partial charge in [0.2, 0.25) is 33.8 Å². The molecule has 4 aromatic heterocycles. The van der Waals surface area contributed by atoms with Crippen molar-refractivity contribution in [2.75, 3.05) is 0 Å². The summed E-state index contributed by atoms with van der Waals surface area (Å²) in [6.45, 7) is 18.2. The second-order valence-corrected chi connectivity index (χ2v) is 37.5. The molecule has 0 saturated heterocycles. The van der Waals surface area contributed by atoms with Gasteiger partial charge in [0, 0.05) is 75.5 Å². The van der Waals surface area contributed by atoms with E-state index < -0.39 is 0 Å². The SMILES string of the molecule is Cc1cc(C)c(C)c(-c2cc(C3CCC(C)(C)CC3)c3ccccc3[n+]2C)c1.Cc1ccccc1-c1c2ccc(C3CCC4(CCCCC4)CC3)cc2cc[n+]1C.Cc1ccccc1-c1cc(C2CCC3(CCCC3)CC2)cc[n+]1C.Cc1ccccc1-c1cc(C2CCC3(CCCCC3)CC2)c2ccccc2[n+]1C. The standard InChI is InChI=1S/2C28H34N.C27H34N.C23H30N/c1-21-10-4-5-11-23(21)27-20-25(24-12-6-7-13-26(24)29(27)2)22-14-18-28(19-15-22)16-8-3-9-17-28;1-21-8-4-5-9-25(21)27-26-11-10-23(20-24(26)14-19-29(27)2)22-12-17-28(18-13-22)15-6-3-7-16-28;1-18-15-19(2)20(3)23(16-18)26-17-24(21-11-13-27(4,5)14-12-21)22-9-7-8-10-25(22)28(26)6;1-18-7-3-4-8-21(18)22-17-20(11-16-24(22)2)19-9-14-23(15-10-19)12-5-6-13-23/h4-7,10-13,20,22H,3,8-9,14-19H2,1-2H3;4-5,8-11,14,19-20,22H,3,6-7,12-13,15-18H2,1-2H3;7-10,15-17,21H,11-14H2,1-6H3;3-4,7-8,11,16-17,19H,5-6,9-10,12-15H2,1-2H3/q4*+1. The maximum atomic E-state index is 2.52. The van der Waals surface area contributed by atoms with Crippen LogP contribution in [0.1, 0.15) is 286 Å². The van der Waals surface area contributed by atoms with Crippen molar-refractivity contribution in [3.8, 4) is 45.0 Å². The van der Waals surface area contributed by atoms with Crippen molar-refractivity contribution in [2.45, 2.75) is 272 Å². The average Bonchev–Trinajstić information content (AvgIpc) is 0.877. The van der Waals surface area contributed by atoms with Gasteiger partial charge < -0.3 is 0 Å². The normalized spacial score (nSPS) is 20.7. The minimum atomic E-state index is 0.499. The zero-order valence-electron chi connectivity index (χ0n) is 69.8. The number of benzene rings is 7. The minimum absolute atomic E-state index is 0.499. The van der Waals surface area contributed by atoms with Gasteiger partial charge in [-0.2, -0.15) is 9.13 Å². The molecule has 7 saturated carbocycles. The number of hydrogen-bond acceptors (Lipinski definition) is 0. The van der Waals surface area contributed by atoms with E-state index in [1.54, 1.807) is 22.3 Å². The van der Waals surface area contributed by atoms with E-state index in [-0.39, 0.29) is 0 Å². The number of hydrogen-bond donors (Lipinski definition) is 0. The van der Waals surface area contributed by atoms with Crippen LogP contribution in [0.5, 0.6) is 0 Å². The molecule has 3 spiro atoms. The van der Waals surface area contributed by atoms with Crippen molar-refractivity contribution in [3.63, 3.8) is 0 Å². The summed E-state index contributed by atoms with van der Waals surface area (Å²) in [5, 5.41) is 5.64. The van der Waals surface area contributed by atoms with Crippen molar-refractivity contribution in [1.82, 2.24) is 0 Å². The predicted octanol–water partition coefficient (Wildman–Crippen LogP) is 27.1. The zero-order valence-corrected chi connectivity index (χ0v) is 69.8. The summed E-state index contributed by atoms with van der Waals surface area (Å²) in [5.41, 5.74) is 30.6. The second kappa shape index (κ2) is 33.3. The molecular formula is C106H132N4+4. The number of rotatable bonds is 8. The number of nitrogens with zero attached hydrogens (tertiary/aromatic N) is 4. The fourth-order valence-electron chi connectivity index (χ4n) is 22.7. The molecule has 7 aliphatic rings. The highest BCUT2D eigenvalue weighted by atomic mass is 15.0. The summed E-state index contributed by atoms with van der Waals surface area (Å²) in [7, 11) is 8.79. The highest BCUT2D eigenvalue weighted by Gasteiger charge is 2.41. The molecule has 0 unspecified atom stereocenters. The fourth-order valence-corrected chi connectivity index (χ4v) is 22.7. The molecule has 4 nitrogen and oxygen atoms in total. The first kappa shape index (κ1) is 77.2. The molecule has 7 fully saturated rings. The lowest BCUT2D eigenvalue weighted by atomic mass is 9.62.